The van der Waals surface area contributed by atoms with E-state index in [1.54, 1.807) is 24.3 Å². The third kappa shape index (κ3) is 5.78. The number of benzene rings is 2. The molecule has 0 saturated heterocycles. The Morgan fingerprint density at radius 3 is 1.44 bits per heavy atom. The Morgan fingerprint density at radius 2 is 1.12 bits per heavy atom. The van der Waals surface area contributed by atoms with Crippen LogP contribution in [0.5, 0.6) is 0 Å². The van der Waals surface area contributed by atoms with Crippen LogP contribution >= 0.6 is 24.6 Å². The van der Waals surface area contributed by atoms with E-state index in [-0.39, 0.29) is 47.9 Å². The van der Waals surface area contributed by atoms with Crippen LogP contribution in [-0.4, -0.2) is 31.0 Å². The summed E-state index contributed by atoms with van der Waals surface area (Å²) in [5.41, 5.74) is 1.32. The summed E-state index contributed by atoms with van der Waals surface area (Å²) in [5.74, 6) is 0. The molecule has 8 nitrogen and oxygen atoms in total. The second-order valence-electron chi connectivity index (χ2n) is 4.58. The number of nitrogens with one attached hydrogen (secondary N) is 2. The third-order valence-electron chi connectivity index (χ3n) is 3.11. The smallest absolute Gasteiger partial charge is 0.206 e. The topological polar surface area (TPSA) is 117 Å². The molecule has 136 valence electrons. The molecule has 11 heteroatoms. The van der Waals surface area contributed by atoms with E-state index < -0.39 is 9.84 Å². The highest BCUT2D eigenvalue weighted by Gasteiger charge is 2.17. The molecular formula is C14H16N2O6S3. The van der Waals surface area contributed by atoms with Gasteiger partial charge in [0.15, 0.2) is 24.6 Å². The van der Waals surface area contributed by atoms with E-state index in [0.29, 0.717) is 11.4 Å². The molecule has 0 aromatic heterocycles. The minimum Gasteiger partial charge on any atom is -0.362 e. The highest BCUT2D eigenvalue weighted by atomic mass is 32.2. The molecule has 0 aliphatic carbocycles. The third-order valence-corrected chi connectivity index (χ3v) is 5.34. The largest absolute Gasteiger partial charge is 0.362 e. The molecule has 0 aliphatic heterocycles. The normalized spacial score (nSPS) is 11.3. The monoisotopic (exact) mass is 404 g/mol. The predicted octanol–water partition coefficient (Wildman–Crippen LogP) is 3.53. The molecule has 0 unspecified atom stereocenters. The fraction of sp³-hybridized carbons (Fsp3) is 0.143. The fourth-order valence-corrected chi connectivity index (χ4v) is 3.40. The average molecular weight is 404 g/mol. The van der Waals surface area contributed by atoms with Crippen molar-refractivity contribution in [3.05, 3.63) is 48.5 Å². The van der Waals surface area contributed by atoms with E-state index in [9.17, 15) is 8.42 Å². The fourth-order valence-electron chi connectivity index (χ4n) is 1.92. The van der Waals surface area contributed by atoms with Gasteiger partial charge in [0.05, 0.1) is 9.79 Å². The Kier molecular flexibility index (Phi) is 7.84. The Morgan fingerprint density at radius 1 is 0.760 bits per heavy atom. The Balaban J connectivity index is 2.07. The predicted molar refractivity (Wildman–Crippen MR) is 97.9 cm³/mol. The molecule has 0 radical (unpaired) electrons. The van der Waals surface area contributed by atoms with Crippen molar-refractivity contribution in [1.29, 1.82) is 0 Å². The minimum absolute atomic E-state index is 0.0836. The van der Waals surface area contributed by atoms with Gasteiger partial charge in [-0.3, -0.25) is 8.37 Å². The summed E-state index contributed by atoms with van der Waals surface area (Å²) in [5, 5.41) is 5.72. The molecule has 0 bridgehead atoms. The number of sulfone groups is 1. The maximum Gasteiger partial charge on any atom is 0.206 e. The molecule has 25 heavy (non-hydrogen) atoms. The SMILES string of the molecule is O=S(=O)(c1ccc(NCOSO)cc1)c1ccc(NCOSO)cc1. The first-order chi connectivity index (χ1) is 12.1. The quantitative estimate of drug-likeness (QED) is 0.266. The van der Waals surface area contributed by atoms with Crippen LogP contribution in [0.25, 0.3) is 0 Å². The van der Waals surface area contributed by atoms with Crippen molar-refractivity contribution >= 4 is 45.9 Å². The van der Waals surface area contributed by atoms with E-state index in [2.05, 4.69) is 19.0 Å². The van der Waals surface area contributed by atoms with Gasteiger partial charge in [-0.15, -0.1) is 0 Å². The molecule has 2 aromatic carbocycles. The lowest BCUT2D eigenvalue weighted by atomic mass is 10.3. The maximum atomic E-state index is 12.6. The van der Waals surface area contributed by atoms with E-state index in [0.717, 1.165) is 0 Å². The Hall–Kier alpha value is -1.47. The van der Waals surface area contributed by atoms with Crippen molar-refractivity contribution in [2.75, 3.05) is 24.1 Å². The van der Waals surface area contributed by atoms with Gasteiger partial charge in [0, 0.05) is 11.4 Å². The van der Waals surface area contributed by atoms with Gasteiger partial charge < -0.3 is 19.7 Å². The molecule has 0 spiro atoms. The van der Waals surface area contributed by atoms with Crippen molar-refractivity contribution in [1.82, 2.24) is 0 Å². The van der Waals surface area contributed by atoms with Crippen LogP contribution in [0.4, 0.5) is 11.4 Å². The zero-order valence-corrected chi connectivity index (χ0v) is 15.2. The van der Waals surface area contributed by atoms with E-state index in [1.165, 1.54) is 24.3 Å². The summed E-state index contributed by atoms with van der Waals surface area (Å²) in [4.78, 5) is 0.326. The van der Waals surface area contributed by atoms with Crippen molar-refractivity contribution in [2.24, 2.45) is 0 Å². The molecule has 0 heterocycles. The van der Waals surface area contributed by atoms with Crippen LogP contribution in [-0.2, 0) is 18.2 Å². The van der Waals surface area contributed by atoms with Gasteiger partial charge in [0.2, 0.25) is 9.84 Å². The molecule has 4 N–H and O–H groups in total. The molecule has 2 aromatic rings. The Labute approximate surface area is 154 Å². The summed E-state index contributed by atoms with van der Waals surface area (Å²) >= 11 is 0.496. The zero-order valence-electron chi connectivity index (χ0n) is 12.8. The molecule has 0 fully saturated rings. The molecule has 0 aliphatic rings. The molecule has 0 saturated carbocycles. The average Bonchev–Trinajstić information content (AvgIpc) is 2.63. The van der Waals surface area contributed by atoms with Crippen LogP contribution in [0.2, 0.25) is 0 Å². The van der Waals surface area contributed by atoms with Gasteiger partial charge in [0.1, 0.15) is 13.5 Å². The molecule has 2 rings (SSSR count). The van der Waals surface area contributed by atoms with Crippen molar-refractivity contribution in [3.8, 4) is 0 Å². The summed E-state index contributed by atoms with van der Waals surface area (Å²) in [6, 6.07) is 12.4. The summed E-state index contributed by atoms with van der Waals surface area (Å²) < 4.78 is 51.5. The first-order valence-corrected chi connectivity index (χ1v) is 9.75. The van der Waals surface area contributed by atoms with Gasteiger partial charge in [-0.05, 0) is 48.5 Å². The maximum absolute atomic E-state index is 12.6. The van der Waals surface area contributed by atoms with Crippen molar-refractivity contribution < 1.29 is 25.9 Å². The second-order valence-corrected chi connectivity index (χ2v) is 7.30. The highest BCUT2D eigenvalue weighted by Crippen LogP contribution is 2.23. The Bertz CT molecular complexity index is 694. The van der Waals surface area contributed by atoms with Gasteiger partial charge in [-0.25, -0.2) is 8.42 Å². The van der Waals surface area contributed by atoms with Crippen LogP contribution in [0, 0.1) is 0 Å². The lowest BCUT2D eigenvalue weighted by molar-refractivity contribution is 0.372. The summed E-state index contributed by atoms with van der Waals surface area (Å²) in [6.07, 6.45) is 0. The molecule has 0 atom stereocenters. The lowest BCUT2D eigenvalue weighted by Crippen LogP contribution is -2.05. The lowest BCUT2D eigenvalue weighted by Gasteiger charge is -2.09. The molecule has 0 amide bonds. The number of rotatable bonds is 10. The van der Waals surface area contributed by atoms with Gasteiger partial charge in [-0.2, -0.15) is 0 Å². The number of anilines is 2. The number of hydrogen-bond acceptors (Lipinski definition) is 10. The zero-order chi connectivity index (χ0) is 18.1. The van der Waals surface area contributed by atoms with E-state index in [1.807, 2.05) is 0 Å². The summed E-state index contributed by atoms with van der Waals surface area (Å²) in [6.45, 7) is 0.167. The van der Waals surface area contributed by atoms with E-state index >= 15 is 0 Å². The highest BCUT2D eigenvalue weighted by molar-refractivity contribution is 7.91. The first-order valence-electron chi connectivity index (χ1n) is 6.87. The van der Waals surface area contributed by atoms with Gasteiger partial charge >= 0.3 is 0 Å². The van der Waals surface area contributed by atoms with Crippen molar-refractivity contribution in [2.45, 2.75) is 9.79 Å². The van der Waals surface area contributed by atoms with Crippen LogP contribution in [0.15, 0.2) is 58.3 Å². The minimum atomic E-state index is -3.63. The van der Waals surface area contributed by atoms with Crippen molar-refractivity contribution in [3.63, 3.8) is 0 Å². The number of hydrogen-bond donors (Lipinski definition) is 4. The van der Waals surface area contributed by atoms with E-state index in [4.69, 9.17) is 9.11 Å². The van der Waals surface area contributed by atoms with Crippen LogP contribution in [0.3, 0.4) is 0 Å². The molecular weight excluding hydrogens is 388 g/mol. The summed E-state index contributed by atoms with van der Waals surface area (Å²) in [7, 11) is -3.63. The van der Waals surface area contributed by atoms with Gasteiger partial charge in [-0.1, -0.05) is 0 Å². The van der Waals surface area contributed by atoms with Crippen LogP contribution < -0.4 is 10.6 Å². The van der Waals surface area contributed by atoms with Crippen LogP contribution in [0.1, 0.15) is 0 Å². The standard InChI is InChI=1S/C14H16N2O6S3/c17-23-21-9-15-11-1-5-13(6-2-11)25(19,20)14-7-3-12(4-8-14)16-10-22-24-18/h1-8,15-18H,9-10H2. The van der Waals surface area contributed by atoms with Gasteiger partial charge in [0.25, 0.3) is 0 Å². The second kappa shape index (κ2) is 9.87. The first kappa shape index (κ1) is 19.8.